The highest BCUT2D eigenvalue weighted by molar-refractivity contribution is 8.18. The molecule has 24 heavy (non-hydrogen) atoms. The molecule has 1 fully saturated rings. The van der Waals surface area contributed by atoms with Gasteiger partial charge in [0.15, 0.2) is 5.17 Å². The summed E-state index contributed by atoms with van der Waals surface area (Å²) in [5.41, 5.74) is 0.784. The average Bonchev–Trinajstić information content (AvgIpc) is 3.20. The molecule has 0 bridgehead atoms. The minimum Gasteiger partial charge on any atom is -0.497 e. The third kappa shape index (κ3) is 3.54. The smallest absolute Gasteiger partial charge is 0.266 e. The minimum absolute atomic E-state index is 0.0366. The Labute approximate surface area is 145 Å². The number of hydrogen-bond donors (Lipinski definition) is 0. The van der Waals surface area contributed by atoms with E-state index in [0.717, 1.165) is 17.9 Å². The number of amidine groups is 1. The Bertz CT molecular complexity index is 764. The molecule has 1 aliphatic rings. The maximum atomic E-state index is 12.6. The van der Waals surface area contributed by atoms with Gasteiger partial charge in [-0.3, -0.25) is 9.69 Å². The quantitative estimate of drug-likeness (QED) is 0.760. The van der Waals surface area contributed by atoms with Gasteiger partial charge in [-0.1, -0.05) is 6.92 Å². The zero-order valence-electron chi connectivity index (χ0n) is 13.6. The lowest BCUT2D eigenvalue weighted by atomic mass is 10.3. The number of ether oxygens (including phenoxy) is 1. The Hall–Kier alpha value is -2.47. The monoisotopic (exact) mass is 342 g/mol. The molecule has 1 amide bonds. The van der Waals surface area contributed by atoms with Crippen molar-refractivity contribution in [1.82, 2.24) is 4.90 Å². The van der Waals surface area contributed by atoms with Crippen molar-refractivity contribution >= 4 is 34.6 Å². The van der Waals surface area contributed by atoms with E-state index < -0.39 is 0 Å². The number of thioether (sulfide) groups is 1. The molecule has 1 saturated heterocycles. The van der Waals surface area contributed by atoms with Gasteiger partial charge in [0.1, 0.15) is 11.5 Å². The van der Waals surface area contributed by atoms with E-state index in [1.54, 1.807) is 30.4 Å². The van der Waals surface area contributed by atoms with Crippen molar-refractivity contribution in [3.8, 4) is 5.75 Å². The third-order valence-corrected chi connectivity index (χ3v) is 4.46. The number of furan rings is 1. The van der Waals surface area contributed by atoms with Gasteiger partial charge in [0.25, 0.3) is 5.91 Å². The Morgan fingerprint density at radius 3 is 2.71 bits per heavy atom. The number of carbonyl (C=O) groups is 1. The highest BCUT2D eigenvalue weighted by Crippen LogP contribution is 2.34. The van der Waals surface area contributed by atoms with E-state index in [0.29, 0.717) is 22.4 Å². The number of benzene rings is 1. The number of carbonyl (C=O) groups excluding carboxylic acids is 1. The predicted octanol–water partition coefficient (Wildman–Crippen LogP) is 4.30. The van der Waals surface area contributed by atoms with Gasteiger partial charge in [-0.05, 0) is 54.6 Å². The van der Waals surface area contributed by atoms with E-state index >= 15 is 0 Å². The molecule has 0 atom stereocenters. The first-order chi connectivity index (χ1) is 11.7. The fourth-order valence-corrected chi connectivity index (χ4v) is 3.29. The number of aliphatic imine (C=N–C) groups is 1. The van der Waals surface area contributed by atoms with Gasteiger partial charge in [0, 0.05) is 12.6 Å². The zero-order chi connectivity index (χ0) is 16.9. The molecule has 2 aromatic rings. The fourth-order valence-electron chi connectivity index (χ4n) is 2.28. The van der Waals surface area contributed by atoms with Crippen LogP contribution in [0.5, 0.6) is 5.75 Å². The second-order valence-electron chi connectivity index (χ2n) is 5.18. The van der Waals surface area contributed by atoms with Gasteiger partial charge in [-0.2, -0.15) is 0 Å². The highest BCUT2D eigenvalue weighted by atomic mass is 32.2. The van der Waals surface area contributed by atoms with Gasteiger partial charge < -0.3 is 9.15 Å². The summed E-state index contributed by atoms with van der Waals surface area (Å²) in [4.78, 5) is 19.6. The van der Waals surface area contributed by atoms with Crippen molar-refractivity contribution < 1.29 is 13.9 Å². The lowest BCUT2D eigenvalue weighted by molar-refractivity contribution is -0.122. The molecule has 0 aliphatic carbocycles. The molecule has 124 valence electrons. The summed E-state index contributed by atoms with van der Waals surface area (Å²) in [5, 5.41) is 0.685. The van der Waals surface area contributed by atoms with Crippen LogP contribution < -0.4 is 4.74 Å². The van der Waals surface area contributed by atoms with Crippen molar-refractivity contribution in [3.63, 3.8) is 0 Å². The summed E-state index contributed by atoms with van der Waals surface area (Å²) in [6.45, 7) is 2.67. The zero-order valence-corrected chi connectivity index (χ0v) is 14.4. The molecule has 0 unspecified atom stereocenters. The largest absolute Gasteiger partial charge is 0.497 e. The molecule has 0 spiro atoms. The number of nitrogens with zero attached hydrogens (tertiary/aromatic N) is 2. The van der Waals surface area contributed by atoms with E-state index in [1.807, 2.05) is 37.3 Å². The van der Waals surface area contributed by atoms with E-state index in [4.69, 9.17) is 9.15 Å². The maximum Gasteiger partial charge on any atom is 0.266 e. The van der Waals surface area contributed by atoms with Gasteiger partial charge in [-0.25, -0.2) is 4.99 Å². The van der Waals surface area contributed by atoms with Crippen molar-refractivity contribution in [2.45, 2.75) is 13.3 Å². The standard InChI is InChI=1S/C18H18N2O3S/c1-3-10-20-17(21)16(12-15-5-4-11-23-15)24-18(20)19-13-6-8-14(22-2)9-7-13/h4-9,11-12H,3,10H2,1-2H3/b16-12+,19-18?. The van der Waals surface area contributed by atoms with Crippen molar-refractivity contribution in [2.24, 2.45) is 4.99 Å². The van der Waals surface area contributed by atoms with Crippen molar-refractivity contribution in [1.29, 1.82) is 0 Å². The maximum absolute atomic E-state index is 12.6. The number of rotatable bonds is 5. The second kappa shape index (κ2) is 7.40. The summed E-state index contributed by atoms with van der Waals surface area (Å²) in [5.74, 6) is 1.40. The average molecular weight is 342 g/mol. The summed E-state index contributed by atoms with van der Waals surface area (Å²) < 4.78 is 10.5. The van der Waals surface area contributed by atoms with Gasteiger partial charge in [0.05, 0.1) is 24.0 Å². The molecule has 5 nitrogen and oxygen atoms in total. The van der Waals surface area contributed by atoms with Crippen molar-refractivity contribution in [3.05, 3.63) is 53.3 Å². The molecular formula is C18H18N2O3S. The minimum atomic E-state index is -0.0366. The Kier molecular flexibility index (Phi) is 5.05. The summed E-state index contributed by atoms with van der Waals surface area (Å²) in [6, 6.07) is 11.1. The summed E-state index contributed by atoms with van der Waals surface area (Å²) >= 11 is 1.37. The van der Waals surface area contributed by atoms with Crippen LogP contribution in [0, 0.1) is 0 Å². The number of hydrogen-bond acceptors (Lipinski definition) is 5. The van der Waals surface area contributed by atoms with Gasteiger partial charge in [-0.15, -0.1) is 0 Å². The number of methoxy groups -OCH3 is 1. The van der Waals surface area contributed by atoms with E-state index in [1.165, 1.54) is 11.8 Å². The first-order valence-corrected chi connectivity index (χ1v) is 8.50. The second-order valence-corrected chi connectivity index (χ2v) is 6.18. The molecular weight excluding hydrogens is 324 g/mol. The van der Waals surface area contributed by atoms with Crippen LogP contribution in [-0.4, -0.2) is 29.6 Å². The molecule has 1 aromatic heterocycles. The summed E-state index contributed by atoms with van der Waals surface area (Å²) in [7, 11) is 1.63. The third-order valence-electron chi connectivity index (χ3n) is 3.45. The molecule has 0 N–H and O–H groups in total. The topological polar surface area (TPSA) is 55.0 Å². The van der Waals surface area contributed by atoms with Crippen LogP contribution in [0.3, 0.4) is 0 Å². The van der Waals surface area contributed by atoms with Crippen molar-refractivity contribution in [2.75, 3.05) is 13.7 Å². The van der Waals surface area contributed by atoms with Crippen LogP contribution in [-0.2, 0) is 4.79 Å². The van der Waals surface area contributed by atoms with Crippen LogP contribution in [0.15, 0.2) is 57.0 Å². The van der Waals surface area contributed by atoms with E-state index in [2.05, 4.69) is 4.99 Å². The number of amides is 1. The normalized spacial score (nSPS) is 17.9. The molecule has 0 radical (unpaired) electrons. The Balaban J connectivity index is 1.89. The lowest BCUT2D eigenvalue weighted by Gasteiger charge is -2.13. The SMILES string of the molecule is CCCN1C(=O)/C(=C\c2ccco2)SC1=Nc1ccc(OC)cc1. The highest BCUT2D eigenvalue weighted by Gasteiger charge is 2.32. The van der Waals surface area contributed by atoms with Crippen LogP contribution in [0.4, 0.5) is 5.69 Å². The van der Waals surface area contributed by atoms with Crippen LogP contribution in [0.25, 0.3) is 6.08 Å². The molecule has 1 aliphatic heterocycles. The molecule has 1 aromatic carbocycles. The van der Waals surface area contributed by atoms with Gasteiger partial charge >= 0.3 is 0 Å². The molecule has 3 rings (SSSR count). The Morgan fingerprint density at radius 1 is 1.29 bits per heavy atom. The van der Waals surface area contributed by atoms with Gasteiger partial charge in [0.2, 0.25) is 0 Å². The summed E-state index contributed by atoms with van der Waals surface area (Å²) in [6.07, 6.45) is 4.21. The van der Waals surface area contributed by atoms with Crippen LogP contribution >= 0.6 is 11.8 Å². The Morgan fingerprint density at radius 2 is 2.08 bits per heavy atom. The van der Waals surface area contributed by atoms with Crippen LogP contribution in [0.2, 0.25) is 0 Å². The molecule has 2 heterocycles. The molecule has 0 saturated carbocycles. The predicted molar refractivity (Wildman–Crippen MR) is 96.4 cm³/mol. The first-order valence-electron chi connectivity index (χ1n) is 7.69. The molecule has 6 heteroatoms. The van der Waals surface area contributed by atoms with E-state index in [9.17, 15) is 4.79 Å². The van der Waals surface area contributed by atoms with E-state index in [-0.39, 0.29) is 5.91 Å². The lowest BCUT2D eigenvalue weighted by Crippen LogP contribution is -2.29. The first kappa shape index (κ1) is 16.4. The fraction of sp³-hybridized carbons (Fsp3) is 0.222. The van der Waals surface area contributed by atoms with Crippen LogP contribution in [0.1, 0.15) is 19.1 Å².